The molecule has 124 valence electrons. The van der Waals surface area contributed by atoms with Gasteiger partial charge in [0, 0.05) is 16.8 Å². The summed E-state index contributed by atoms with van der Waals surface area (Å²) in [7, 11) is 0. The lowest BCUT2D eigenvalue weighted by Crippen LogP contribution is -2.44. The topological polar surface area (TPSA) is 32.3 Å². The number of hydrogen-bond donors (Lipinski definition) is 1. The van der Waals surface area contributed by atoms with Crippen LogP contribution in [0.25, 0.3) is 0 Å². The van der Waals surface area contributed by atoms with Crippen LogP contribution in [0.1, 0.15) is 57.9 Å². The Morgan fingerprint density at radius 3 is 2.68 bits per heavy atom. The van der Waals surface area contributed by atoms with E-state index in [4.69, 9.17) is 0 Å². The first-order chi connectivity index (χ1) is 10.4. The summed E-state index contributed by atoms with van der Waals surface area (Å²) in [6.45, 7) is 11.4. The zero-order chi connectivity index (χ0) is 16.2. The summed E-state index contributed by atoms with van der Waals surface area (Å²) >= 11 is 1.80. The number of carbonyl (C=O) groups is 1. The number of carbonyl (C=O) groups excluding carboxylic acids is 1. The van der Waals surface area contributed by atoms with Crippen LogP contribution in [-0.2, 0) is 4.79 Å². The standard InChI is InChI=1S/C18H30N2OS/c1-5-18(3,4)17(21)19-13-15(16-7-6-12-22-16)20-10-8-14(2)9-11-20/h6-7,12,14-15H,5,8-11,13H2,1-4H3,(H,19,21). The minimum absolute atomic E-state index is 0.168. The molecule has 0 radical (unpaired) electrons. The molecule has 0 aromatic carbocycles. The minimum atomic E-state index is -0.281. The van der Waals surface area contributed by atoms with Gasteiger partial charge < -0.3 is 5.32 Å². The van der Waals surface area contributed by atoms with Crippen molar-refractivity contribution in [2.45, 2.75) is 53.0 Å². The third kappa shape index (κ3) is 4.32. The van der Waals surface area contributed by atoms with Crippen molar-refractivity contribution in [1.82, 2.24) is 10.2 Å². The molecule has 1 aromatic heterocycles. The van der Waals surface area contributed by atoms with Gasteiger partial charge in [0.05, 0.1) is 6.04 Å². The molecule has 1 aromatic rings. The van der Waals surface area contributed by atoms with Crippen LogP contribution in [0.5, 0.6) is 0 Å². The second-order valence-corrected chi connectivity index (χ2v) is 8.18. The number of nitrogens with one attached hydrogen (secondary N) is 1. The lowest BCUT2D eigenvalue weighted by molar-refractivity contribution is -0.129. The van der Waals surface area contributed by atoms with E-state index in [0.29, 0.717) is 6.04 Å². The Labute approximate surface area is 139 Å². The van der Waals surface area contributed by atoms with Crippen molar-refractivity contribution in [1.29, 1.82) is 0 Å². The number of hydrogen-bond acceptors (Lipinski definition) is 3. The summed E-state index contributed by atoms with van der Waals surface area (Å²) in [5.41, 5.74) is -0.281. The molecule has 1 N–H and O–H groups in total. The summed E-state index contributed by atoms with van der Waals surface area (Å²) in [5.74, 6) is 0.996. The van der Waals surface area contributed by atoms with Crippen LogP contribution in [0.2, 0.25) is 0 Å². The molecule has 0 spiro atoms. The maximum atomic E-state index is 12.4. The van der Waals surface area contributed by atoms with Gasteiger partial charge in [-0.15, -0.1) is 11.3 Å². The zero-order valence-corrected chi connectivity index (χ0v) is 15.2. The van der Waals surface area contributed by atoms with Gasteiger partial charge in [0.1, 0.15) is 0 Å². The predicted molar refractivity (Wildman–Crippen MR) is 94.1 cm³/mol. The van der Waals surface area contributed by atoms with Crippen LogP contribution < -0.4 is 5.32 Å². The van der Waals surface area contributed by atoms with Gasteiger partial charge in [-0.05, 0) is 49.7 Å². The molecule has 0 saturated carbocycles. The third-order valence-corrected chi connectivity index (χ3v) is 6.06. The average Bonchev–Trinajstić information content (AvgIpc) is 3.03. The van der Waals surface area contributed by atoms with Crippen molar-refractivity contribution in [3.63, 3.8) is 0 Å². The maximum Gasteiger partial charge on any atom is 0.225 e. The second-order valence-electron chi connectivity index (χ2n) is 7.20. The van der Waals surface area contributed by atoms with Crippen molar-refractivity contribution >= 4 is 17.2 Å². The van der Waals surface area contributed by atoms with Gasteiger partial charge in [-0.2, -0.15) is 0 Å². The highest BCUT2D eigenvalue weighted by Gasteiger charge is 2.29. The monoisotopic (exact) mass is 322 g/mol. The van der Waals surface area contributed by atoms with E-state index < -0.39 is 0 Å². The fourth-order valence-corrected chi connectivity index (χ4v) is 3.68. The number of thiophene rings is 1. The van der Waals surface area contributed by atoms with E-state index in [1.54, 1.807) is 11.3 Å². The smallest absolute Gasteiger partial charge is 0.225 e. The SMILES string of the molecule is CCC(C)(C)C(=O)NCC(c1cccs1)N1CCC(C)CC1. The summed E-state index contributed by atoms with van der Waals surface area (Å²) in [4.78, 5) is 16.3. The summed E-state index contributed by atoms with van der Waals surface area (Å²) in [6, 6.07) is 4.63. The zero-order valence-electron chi connectivity index (χ0n) is 14.4. The molecule has 2 rings (SSSR count). The summed E-state index contributed by atoms with van der Waals surface area (Å²) in [6.07, 6.45) is 3.39. The van der Waals surface area contributed by atoms with Gasteiger partial charge >= 0.3 is 0 Å². The van der Waals surface area contributed by atoms with Gasteiger partial charge in [-0.25, -0.2) is 0 Å². The average molecular weight is 323 g/mol. The molecule has 0 aliphatic carbocycles. The number of rotatable bonds is 6. The largest absolute Gasteiger partial charge is 0.354 e. The summed E-state index contributed by atoms with van der Waals surface area (Å²) < 4.78 is 0. The van der Waals surface area contributed by atoms with Crippen LogP contribution in [0.4, 0.5) is 0 Å². The fraction of sp³-hybridized carbons (Fsp3) is 0.722. The molecule has 1 atom stereocenters. The molecule has 3 nitrogen and oxygen atoms in total. The van der Waals surface area contributed by atoms with E-state index in [0.717, 1.165) is 32.0 Å². The van der Waals surface area contributed by atoms with Crippen molar-refractivity contribution < 1.29 is 4.79 Å². The quantitative estimate of drug-likeness (QED) is 0.856. The molecule has 1 amide bonds. The van der Waals surface area contributed by atoms with Gasteiger partial charge in [0.2, 0.25) is 5.91 Å². The maximum absolute atomic E-state index is 12.4. The molecule has 1 unspecified atom stereocenters. The Kier molecular flexibility index (Phi) is 6.04. The number of piperidine rings is 1. The van der Waals surface area contributed by atoms with E-state index in [1.165, 1.54) is 17.7 Å². The highest BCUT2D eigenvalue weighted by atomic mass is 32.1. The second kappa shape index (κ2) is 7.60. The Hall–Kier alpha value is -0.870. The van der Waals surface area contributed by atoms with Crippen molar-refractivity contribution in [2.75, 3.05) is 19.6 Å². The number of amides is 1. The Morgan fingerprint density at radius 1 is 1.45 bits per heavy atom. The normalized spacial score (nSPS) is 19.1. The predicted octanol–water partition coefficient (Wildman–Crippen LogP) is 4.07. The van der Waals surface area contributed by atoms with E-state index >= 15 is 0 Å². The molecule has 1 aliphatic rings. The number of likely N-dealkylation sites (tertiary alicyclic amines) is 1. The van der Waals surface area contributed by atoms with Crippen molar-refractivity contribution in [2.24, 2.45) is 11.3 Å². The lowest BCUT2D eigenvalue weighted by Gasteiger charge is -2.37. The first-order valence-corrected chi connectivity index (χ1v) is 9.37. The van der Waals surface area contributed by atoms with E-state index in [9.17, 15) is 4.79 Å². The molecule has 1 saturated heterocycles. The highest BCUT2D eigenvalue weighted by molar-refractivity contribution is 7.10. The van der Waals surface area contributed by atoms with Gasteiger partial charge in [0.15, 0.2) is 0 Å². The Balaban J connectivity index is 2.02. The molecule has 1 fully saturated rings. The highest BCUT2D eigenvalue weighted by Crippen LogP contribution is 2.29. The van der Waals surface area contributed by atoms with E-state index in [2.05, 4.69) is 41.6 Å². The Bertz CT molecular complexity index is 461. The van der Waals surface area contributed by atoms with Gasteiger partial charge in [-0.3, -0.25) is 9.69 Å². The third-order valence-electron chi connectivity index (χ3n) is 5.09. The van der Waals surface area contributed by atoms with E-state index in [1.807, 2.05) is 13.8 Å². The first kappa shape index (κ1) is 17.5. The van der Waals surface area contributed by atoms with Crippen LogP contribution in [0.3, 0.4) is 0 Å². The molecule has 4 heteroatoms. The number of nitrogens with zero attached hydrogens (tertiary/aromatic N) is 1. The van der Waals surface area contributed by atoms with Crippen molar-refractivity contribution in [3.8, 4) is 0 Å². The van der Waals surface area contributed by atoms with Crippen molar-refractivity contribution in [3.05, 3.63) is 22.4 Å². The van der Waals surface area contributed by atoms with E-state index in [-0.39, 0.29) is 11.3 Å². The molecular formula is C18H30N2OS. The molecule has 0 bridgehead atoms. The molecule has 22 heavy (non-hydrogen) atoms. The molecule has 1 aliphatic heterocycles. The van der Waals surface area contributed by atoms with Crippen LogP contribution in [0, 0.1) is 11.3 Å². The summed E-state index contributed by atoms with van der Waals surface area (Å²) in [5, 5.41) is 5.33. The minimum Gasteiger partial charge on any atom is -0.354 e. The molecule has 2 heterocycles. The lowest BCUT2D eigenvalue weighted by atomic mass is 9.89. The molecular weight excluding hydrogens is 292 g/mol. The first-order valence-electron chi connectivity index (χ1n) is 8.49. The van der Waals surface area contributed by atoms with Crippen LogP contribution in [0.15, 0.2) is 17.5 Å². The van der Waals surface area contributed by atoms with Crippen LogP contribution >= 0.6 is 11.3 Å². The van der Waals surface area contributed by atoms with Gasteiger partial charge in [0.25, 0.3) is 0 Å². The fourth-order valence-electron chi connectivity index (χ4n) is 2.82. The Morgan fingerprint density at radius 2 is 2.14 bits per heavy atom. The van der Waals surface area contributed by atoms with Gasteiger partial charge in [-0.1, -0.05) is 33.8 Å². The van der Waals surface area contributed by atoms with Crippen LogP contribution in [-0.4, -0.2) is 30.4 Å².